The minimum Gasteiger partial charge on any atom is -0.361 e. The molecule has 0 aliphatic rings. The van der Waals surface area contributed by atoms with Gasteiger partial charge in [0.2, 0.25) is 0 Å². The molecule has 0 aliphatic carbocycles. The van der Waals surface area contributed by atoms with Gasteiger partial charge in [0.25, 0.3) is 0 Å². The summed E-state index contributed by atoms with van der Waals surface area (Å²) in [6, 6.07) is 4.54. The highest BCUT2D eigenvalue weighted by molar-refractivity contribution is 5.84. The van der Waals surface area contributed by atoms with Crippen molar-refractivity contribution >= 4 is 10.9 Å². The molecule has 13 heavy (non-hydrogen) atoms. The Balaban J connectivity index is 2.76. The molecular formula is C12H15N. The van der Waals surface area contributed by atoms with Crippen molar-refractivity contribution in [1.82, 2.24) is 4.98 Å². The van der Waals surface area contributed by atoms with Gasteiger partial charge in [0.1, 0.15) is 0 Å². The first kappa shape index (κ1) is 8.36. The Kier molecular flexibility index (Phi) is 1.87. The minimum atomic E-state index is 1.11. The van der Waals surface area contributed by atoms with Crippen molar-refractivity contribution in [2.75, 3.05) is 0 Å². The third-order valence-electron chi connectivity index (χ3n) is 2.73. The van der Waals surface area contributed by atoms with E-state index in [9.17, 15) is 0 Å². The summed E-state index contributed by atoms with van der Waals surface area (Å²) in [6.07, 6.45) is 3.18. The molecule has 0 saturated carbocycles. The van der Waals surface area contributed by atoms with Crippen molar-refractivity contribution < 1.29 is 0 Å². The Bertz CT molecular complexity index is 438. The lowest BCUT2D eigenvalue weighted by Crippen LogP contribution is -1.85. The third kappa shape index (κ3) is 1.24. The molecule has 1 aromatic heterocycles. The Morgan fingerprint density at radius 3 is 2.62 bits per heavy atom. The van der Waals surface area contributed by atoms with Gasteiger partial charge in [-0.05, 0) is 49.1 Å². The highest BCUT2D eigenvalue weighted by Crippen LogP contribution is 2.22. The molecule has 68 valence electrons. The van der Waals surface area contributed by atoms with E-state index in [4.69, 9.17) is 0 Å². The van der Waals surface area contributed by atoms with Gasteiger partial charge in [-0.15, -0.1) is 0 Å². The van der Waals surface area contributed by atoms with Crippen LogP contribution in [0.1, 0.15) is 23.6 Å². The van der Waals surface area contributed by atoms with Crippen LogP contribution in [0.4, 0.5) is 0 Å². The fourth-order valence-corrected chi connectivity index (χ4v) is 1.84. The van der Waals surface area contributed by atoms with E-state index in [1.165, 1.54) is 27.6 Å². The quantitative estimate of drug-likeness (QED) is 0.680. The van der Waals surface area contributed by atoms with Gasteiger partial charge in [-0.2, -0.15) is 0 Å². The normalized spacial score (nSPS) is 11.0. The monoisotopic (exact) mass is 173 g/mol. The summed E-state index contributed by atoms with van der Waals surface area (Å²) in [5.41, 5.74) is 5.44. The lowest BCUT2D eigenvalue weighted by Gasteiger charge is -2.03. The summed E-state index contributed by atoms with van der Waals surface area (Å²) in [5, 5.41) is 1.36. The summed E-state index contributed by atoms with van der Waals surface area (Å²) in [4.78, 5) is 3.29. The zero-order valence-corrected chi connectivity index (χ0v) is 8.44. The van der Waals surface area contributed by atoms with Crippen LogP contribution >= 0.6 is 0 Å². The number of benzene rings is 1. The number of aryl methyl sites for hydroxylation is 3. The summed E-state index contributed by atoms with van der Waals surface area (Å²) in [7, 11) is 0. The Hall–Kier alpha value is -1.24. The first-order valence-corrected chi connectivity index (χ1v) is 4.79. The zero-order chi connectivity index (χ0) is 9.42. The van der Waals surface area contributed by atoms with E-state index in [-0.39, 0.29) is 0 Å². The van der Waals surface area contributed by atoms with Crippen LogP contribution in [0.5, 0.6) is 0 Å². The zero-order valence-electron chi connectivity index (χ0n) is 8.44. The summed E-state index contributed by atoms with van der Waals surface area (Å²) in [6.45, 7) is 6.53. The molecule has 0 bridgehead atoms. The predicted molar refractivity (Wildman–Crippen MR) is 57.2 cm³/mol. The van der Waals surface area contributed by atoms with Crippen molar-refractivity contribution in [3.8, 4) is 0 Å². The van der Waals surface area contributed by atoms with E-state index < -0.39 is 0 Å². The molecule has 1 nitrogen and oxygen atoms in total. The number of fused-ring (bicyclic) bond motifs is 1. The molecule has 0 saturated heterocycles. The van der Waals surface area contributed by atoms with Crippen LogP contribution in [0.2, 0.25) is 0 Å². The molecular weight excluding hydrogens is 158 g/mol. The van der Waals surface area contributed by atoms with Gasteiger partial charge in [-0.1, -0.05) is 6.92 Å². The lowest BCUT2D eigenvalue weighted by molar-refractivity contribution is 1.11. The number of nitrogens with one attached hydrogen (secondary N) is 1. The van der Waals surface area contributed by atoms with Crippen LogP contribution in [0, 0.1) is 13.8 Å². The van der Waals surface area contributed by atoms with Crippen molar-refractivity contribution in [1.29, 1.82) is 0 Å². The van der Waals surface area contributed by atoms with Crippen LogP contribution in [-0.4, -0.2) is 4.98 Å². The number of hydrogen-bond acceptors (Lipinski definition) is 0. The average Bonchev–Trinajstić information content (AvgIpc) is 2.47. The number of hydrogen-bond donors (Lipinski definition) is 1. The van der Waals surface area contributed by atoms with Gasteiger partial charge in [0.05, 0.1) is 0 Å². The molecule has 2 rings (SSSR count). The van der Waals surface area contributed by atoms with E-state index in [1.54, 1.807) is 0 Å². The topological polar surface area (TPSA) is 15.8 Å². The van der Waals surface area contributed by atoms with Crippen LogP contribution in [-0.2, 0) is 6.42 Å². The summed E-state index contributed by atoms with van der Waals surface area (Å²) < 4.78 is 0. The smallest absolute Gasteiger partial charge is 0.0459 e. The van der Waals surface area contributed by atoms with Crippen LogP contribution in [0.3, 0.4) is 0 Å². The standard InChI is InChI=1S/C12H15N/c1-4-10-6-12-11(5-8(10)2)9(3)7-13-12/h5-7,13H,4H2,1-3H3. The molecule has 0 radical (unpaired) electrons. The summed E-state index contributed by atoms with van der Waals surface area (Å²) >= 11 is 0. The van der Waals surface area contributed by atoms with E-state index in [2.05, 4.69) is 44.1 Å². The second kappa shape index (κ2) is 2.91. The first-order chi connectivity index (χ1) is 6.22. The third-order valence-corrected chi connectivity index (χ3v) is 2.73. The van der Waals surface area contributed by atoms with E-state index in [0.717, 1.165) is 6.42 Å². The largest absolute Gasteiger partial charge is 0.361 e. The van der Waals surface area contributed by atoms with Crippen molar-refractivity contribution in [2.45, 2.75) is 27.2 Å². The Morgan fingerprint density at radius 2 is 1.92 bits per heavy atom. The highest BCUT2D eigenvalue weighted by Gasteiger charge is 2.02. The number of H-pyrrole nitrogens is 1. The Labute approximate surface area is 78.8 Å². The first-order valence-electron chi connectivity index (χ1n) is 4.79. The van der Waals surface area contributed by atoms with Crippen molar-refractivity contribution in [2.24, 2.45) is 0 Å². The molecule has 0 amide bonds. The highest BCUT2D eigenvalue weighted by atomic mass is 14.7. The number of aromatic amines is 1. The molecule has 0 unspecified atom stereocenters. The maximum Gasteiger partial charge on any atom is 0.0459 e. The van der Waals surface area contributed by atoms with Gasteiger partial charge in [-0.3, -0.25) is 0 Å². The van der Waals surface area contributed by atoms with E-state index in [1.807, 2.05) is 0 Å². The lowest BCUT2D eigenvalue weighted by atomic mass is 10.0. The molecule has 0 aliphatic heterocycles. The fraction of sp³-hybridized carbons (Fsp3) is 0.333. The van der Waals surface area contributed by atoms with Crippen molar-refractivity contribution in [3.05, 3.63) is 35.0 Å². The second-order valence-electron chi connectivity index (χ2n) is 3.65. The van der Waals surface area contributed by atoms with E-state index in [0.29, 0.717) is 0 Å². The maximum atomic E-state index is 3.29. The Morgan fingerprint density at radius 1 is 1.15 bits per heavy atom. The molecule has 2 aromatic rings. The van der Waals surface area contributed by atoms with Gasteiger partial charge in [0.15, 0.2) is 0 Å². The summed E-state index contributed by atoms with van der Waals surface area (Å²) in [5.74, 6) is 0. The molecule has 1 heteroatoms. The van der Waals surface area contributed by atoms with Crippen LogP contribution in [0.15, 0.2) is 18.3 Å². The number of aromatic nitrogens is 1. The molecule has 0 atom stereocenters. The fourth-order valence-electron chi connectivity index (χ4n) is 1.84. The molecule has 0 spiro atoms. The van der Waals surface area contributed by atoms with Crippen LogP contribution < -0.4 is 0 Å². The van der Waals surface area contributed by atoms with Gasteiger partial charge in [-0.25, -0.2) is 0 Å². The van der Waals surface area contributed by atoms with Gasteiger partial charge in [0, 0.05) is 17.1 Å². The molecule has 1 aromatic carbocycles. The van der Waals surface area contributed by atoms with Gasteiger partial charge < -0.3 is 4.98 Å². The SMILES string of the molecule is CCc1cc2[nH]cc(C)c2cc1C. The van der Waals surface area contributed by atoms with E-state index >= 15 is 0 Å². The van der Waals surface area contributed by atoms with Gasteiger partial charge >= 0.3 is 0 Å². The minimum absolute atomic E-state index is 1.11. The number of rotatable bonds is 1. The molecule has 1 heterocycles. The molecule has 0 fully saturated rings. The second-order valence-corrected chi connectivity index (χ2v) is 3.65. The maximum absolute atomic E-state index is 3.29. The van der Waals surface area contributed by atoms with Crippen molar-refractivity contribution in [3.63, 3.8) is 0 Å². The average molecular weight is 173 g/mol. The van der Waals surface area contributed by atoms with Crippen LogP contribution in [0.25, 0.3) is 10.9 Å². The predicted octanol–water partition coefficient (Wildman–Crippen LogP) is 3.35. The molecule has 1 N–H and O–H groups in total.